The Morgan fingerprint density at radius 3 is 2.47 bits per heavy atom. The first kappa shape index (κ1) is 20.9. The molecule has 1 aliphatic carbocycles. The van der Waals surface area contributed by atoms with Crippen molar-refractivity contribution in [2.24, 2.45) is 0 Å². The highest BCUT2D eigenvalue weighted by Gasteiger charge is 2.46. The third kappa shape index (κ3) is 3.85. The zero-order valence-electron chi connectivity index (χ0n) is 18.5. The molecule has 3 aliphatic rings. The van der Waals surface area contributed by atoms with Crippen LogP contribution in [0.5, 0.6) is 0 Å². The van der Waals surface area contributed by atoms with Crippen molar-refractivity contribution >= 4 is 11.8 Å². The fourth-order valence-corrected chi connectivity index (χ4v) is 5.31. The number of benzene rings is 1. The summed E-state index contributed by atoms with van der Waals surface area (Å²) in [7, 11) is 0. The summed E-state index contributed by atoms with van der Waals surface area (Å²) in [5.74, 6) is 2.69. The van der Waals surface area contributed by atoms with Gasteiger partial charge in [-0.25, -0.2) is 4.98 Å². The summed E-state index contributed by atoms with van der Waals surface area (Å²) in [6.45, 7) is 6.16. The van der Waals surface area contributed by atoms with Gasteiger partial charge in [-0.3, -0.25) is 14.7 Å². The van der Waals surface area contributed by atoms with Crippen LogP contribution in [0.15, 0.2) is 43.0 Å². The third-order valence-electron chi connectivity index (χ3n) is 7.40. The molecule has 32 heavy (non-hydrogen) atoms. The monoisotopic (exact) mass is 433 g/mol. The zero-order valence-corrected chi connectivity index (χ0v) is 18.5. The molecule has 2 amide bonds. The standard InChI is InChI=1S/C25H31N5O2/c1-2-21(31)29-15-12-25(13-16-29,20-8-4-3-5-9-20)24(32)30-14-6-7-19(17-30)23-26-22(27-28-23)18-10-11-18/h2-5,8-9,18-19H,1,6-7,10-17H2,(H,26,27,28). The van der Waals surface area contributed by atoms with Crippen LogP contribution in [0.1, 0.15) is 67.6 Å². The van der Waals surface area contributed by atoms with Crippen molar-refractivity contribution in [3.8, 4) is 0 Å². The maximum absolute atomic E-state index is 14.1. The van der Waals surface area contributed by atoms with Gasteiger partial charge in [0.05, 0.1) is 5.41 Å². The van der Waals surface area contributed by atoms with E-state index in [-0.39, 0.29) is 17.7 Å². The van der Waals surface area contributed by atoms with E-state index in [2.05, 4.69) is 28.9 Å². The smallest absolute Gasteiger partial charge is 0.245 e. The minimum atomic E-state index is -0.598. The summed E-state index contributed by atoms with van der Waals surface area (Å²) >= 11 is 0. The van der Waals surface area contributed by atoms with Crippen molar-refractivity contribution in [3.05, 3.63) is 60.2 Å². The third-order valence-corrected chi connectivity index (χ3v) is 7.40. The average molecular weight is 434 g/mol. The Balaban J connectivity index is 1.37. The van der Waals surface area contributed by atoms with E-state index < -0.39 is 5.41 Å². The Labute approximate surface area is 188 Å². The number of nitrogens with one attached hydrogen (secondary N) is 1. The van der Waals surface area contributed by atoms with Crippen LogP contribution < -0.4 is 0 Å². The van der Waals surface area contributed by atoms with Crippen molar-refractivity contribution in [3.63, 3.8) is 0 Å². The largest absolute Gasteiger partial charge is 0.341 e. The van der Waals surface area contributed by atoms with Crippen LogP contribution in [0.4, 0.5) is 0 Å². The van der Waals surface area contributed by atoms with Gasteiger partial charge in [-0.15, -0.1) is 0 Å². The van der Waals surface area contributed by atoms with E-state index in [9.17, 15) is 9.59 Å². The Hall–Kier alpha value is -2.96. The lowest BCUT2D eigenvalue weighted by atomic mass is 9.71. The van der Waals surface area contributed by atoms with Crippen molar-refractivity contribution in [2.75, 3.05) is 26.2 Å². The van der Waals surface area contributed by atoms with Crippen LogP contribution in [0.2, 0.25) is 0 Å². The summed E-state index contributed by atoms with van der Waals surface area (Å²) in [5.41, 5.74) is 0.450. The van der Waals surface area contributed by atoms with E-state index in [4.69, 9.17) is 4.98 Å². The fraction of sp³-hybridized carbons (Fsp3) is 0.520. The van der Waals surface area contributed by atoms with Gasteiger partial charge in [0.15, 0.2) is 5.82 Å². The van der Waals surface area contributed by atoms with E-state index in [1.54, 1.807) is 4.90 Å². The summed E-state index contributed by atoms with van der Waals surface area (Å²) in [6.07, 6.45) is 6.95. The first-order chi connectivity index (χ1) is 15.6. The van der Waals surface area contributed by atoms with Gasteiger partial charge in [-0.2, -0.15) is 5.10 Å². The van der Waals surface area contributed by atoms with Gasteiger partial charge in [0.25, 0.3) is 0 Å². The predicted molar refractivity (Wildman–Crippen MR) is 121 cm³/mol. The number of hydrogen-bond donors (Lipinski definition) is 1. The molecule has 2 aliphatic heterocycles. The van der Waals surface area contributed by atoms with Gasteiger partial charge in [-0.1, -0.05) is 36.9 Å². The number of nitrogens with zero attached hydrogens (tertiary/aromatic N) is 4. The highest BCUT2D eigenvalue weighted by Crippen LogP contribution is 2.40. The lowest BCUT2D eigenvalue weighted by Gasteiger charge is -2.45. The number of amides is 2. The highest BCUT2D eigenvalue weighted by atomic mass is 16.2. The van der Waals surface area contributed by atoms with E-state index in [0.717, 1.165) is 36.6 Å². The van der Waals surface area contributed by atoms with Crippen LogP contribution in [0, 0.1) is 0 Å². The predicted octanol–water partition coefficient (Wildman–Crippen LogP) is 3.13. The number of hydrogen-bond acceptors (Lipinski definition) is 4. The topological polar surface area (TPSA) is 82.2 Å². The van der Waals surface area contributed by atoms with Gasteiger partial charge in [0, 0.05) is 38.0 Å². The summed E-state index contributed by atoms with van der Waals surface area (Å²) < 4.78 is 0. The molecule has 168 valence electrons. The average Bonchev–Trinajstić information content (AvgIpc) is 3.60. The van der Waals surface area contributed by atoms with Crippen molar-refractivity contribution in [1.29, 1.82) is 0 Å². The second kappa shape index (κ2) is 8.52. The molecule has 1 aromatic carbocycles. The van der Waals surface area contributed by atoms with Crippen molar-refractivity contribution < 1.29 is 9.59 Å². The number of aromatic nitrogens is 3. The Morgan fingerprint density at radius 2 is 1.78 bits per heavy atom. The van der Waals surface area contributed by atoms with E-state index >= 15 is 0 Å². The molecular formula is C25H31N5O2. The second-order valence-electron chi connectivity index (χ2n) is 9.42. The molecular weight excluding hydrogens is 402 g/mol. The van der Waals surface area contributed by atoms with E-state index in [0.29, 0.717) is 38.4 Å². The molecule has 0 spiro atoms. The Morgan fingerprint density at radius 1 is 1.03 bits per heavy atom. The molecule has 1 unspecified atom stereocenters. The van der Waals surface area contributed by atoms with Crippen molar-refractivity contribution in [1.82, 2.24) is 25.0 Å². The Kier molecular flexibility index (Phi) is 5.57. The number of rotatable bonds is 5. The quantitative estimate of drug-likeness (QED) is 0.735. The zero-order chi connectivity index (χ0) is 22.1. The number of carbonyl (C=O) groups excluding carboxylic acids is 2. The molecule has 0 bridgehead atoms. The lowest BCUT2D eigenvalue weighted by molar-refractivity contribution is -0.143. The molecule has 1 aromatic heterocycles. The van der Waals surface area contributed by atoms with E-state index in [1.165, 1.54) is 18.9 Å². The number of H-pyrrole nitrogens is 1. The lowest BCUT2D eigenvalue weighted by Crippen LogP contribution is -2.55. The fourth-order valence-electron chi connectivity index (χ4n) is 5.31. The number of piperidine rings is 2. The maximum Gasteiger partial charge on any atom is 0.245 e. The minimum Gasteiger partial charge on any atom is -0.341 e. The molecule has 7 heteroatoms. The van der Waals surface area contributed by atoms with Gasteiger partial charge in [-0.05, 0) is 50.2 Å². The molecule has 7 nitrogen and oxygen atoms in total. The van der Waals surface area contributed by atoms with Crippen LogP contribution in [-0.2, 0) is 15.0 Å². The SMILES string of the molecule is C=CC(=O)N1CCC(C(=O)N2CCCC(c3n[nH]c(C4CC4)n3)C2)(c2ccccc2)CC1. The van der Waals surface area contributed by atoms with Crippen LogP contribution in [0.3, 0.4) is 0 Å². The Bertz CT molecular complexity index is 989. The molecule has 5 rings (SSSR count). The van der Waals surface area contributed by atoms with E-state index in [1.807, 2.05) is 23.1 Å². The molecule has 1 N–H and O–H groups in total. The van der Waals surface area contributed by atoms with Crippen LogP contribution in [0.25, 0.3) is 0 Å². The van der Waals surface area contributed by atoms with Gasteiger partial charge in [0.2, 0.25) is 11.8 Å². The first-order valence-electron chi connectivity index (χ1n) is 11.8. The molecule has 0 radical (unpaired) electrons. The van der Waals surface area contributed by atoms with Gasteiger partial charge in [0.1, 0.15) is 5.82 Å². The minimum absolute atomic E-state index is 0.0618. The van der Waals surface area contributed by atoms with Gasteiger partial charge < -0.3 is 9.80 Å². The first-order valence-corrected chi connectivity index (χ1v) is 11.8. The van der Waals surface area contributed by atoms with Crippen molar-refractivity contribution in [2.45, 2.75) is 55.8 Å². The number of carbonyl (C=O) groups is 2. The highest BCUT2D eigenvalue weighted by molar-refractivity contribution is 5.90. The maximum atomic E-state index is 14.1. The molecule has 1 atom stereocenters. The number of likely N-dealkylation sites (tertiary alicyclic amines) is 2. The summed E-state index contributed by atoms with van der Waals surface area (Å²) in [4.78, 5) is 34.8. The summed E-state index contributed by atoms with van der Waals surface area (Å²) in [6, 6.07) is 10.1. The van der Waals surface area contributed by atoms with Crippen LogP contribution >= 0.6 is 0 Å². The molecule has 1 saturated carbocycles. The van der Waals surface area contributed by atoms with Crippen LogP contribution in [-0.4, -0.2) is 63.0 Å². The molecule has 3 fully saturated rings. The normalized spacial score (nSPS) is 23.1. The molecule has 2 saturated heterocycles. The molecule has 3 heterocycles. The summed E-state index contributed by atoms with van der Waals surface area (Å²) in [5, 5.41) is 7.61. The van der Waals surface area contributed by atoms with Gasteiger partial charge >= 0.3 is 0 Å². The second-order valence-corrected chi connectivity index (χ2v) is 9.42. The molecule has 2 aromatic rings. The number of aromatic amines is 1.